The molecule has 1 amide bonds. The minimum atomic E-state index is -0.572. The lowest BCUT2D eigenvalue weighted by Gasteiger charge is -2.10. The summed E-state index contributed by atoms with van der Waals surface area (Å²) in [4.78, 5) is 19.1. The van der Waals surface area contributed by atoms with Gasteiger partial charge in [0.2, 0.25) is 5.88 Å². The number of carbonyl (C=O) groups is 1. The molecule has 2 aromatic carbocycles. The summed E-state index contributed by atoms with van der Waals surface area (Å²) in [6.07, 6.45) is 1.63. The molecule has 26 heavy (non-hydrogen) atoms. The van der Waals surface area contributed by atoms with Crippen LogP contribution in [0.1, 0.15) is 15.9 Å². The number of para-hydroxylation sites is 1. The van der Waals surface area contributed by atoms with Gasteiger partial charge in [-0.05, 0) is 23.8 Å². The van der Waals surface area contributed by atoms with Crippen LogP contribution in [0, 0.1) is 0 Å². The highest BCUT2D eigenvalue weighted by Crippen LogP contribution is 2.29. The highest BCUT2D eigenvalue weighted by Gasteiger charge is 2.12. The number of anilines is 1. The third-order valence-electron chi connectivity index (χ3n) is 4.41. The average Bonchev–Trinajstić information content (AvgIpc) is 3.05. The molecule has 2 aromatic heterocycles. The largest absolute Gasteiger partial charge is 0.480 e. The number of nitrogens with two attached hydrogens (primary N) is 1. The molecular formula is C20H18N4O2. The predicted molar refractivity (Wildman–Crippen MR) is 102 cm³/mol. The van der Waals surface area contributed by atoms with Crippen LogP contribution >= 0.6 is 0 Å². The number of nitrogens with zero attached hydrogens (tertiary/aromatic N) is 1. The number of rotatable bonds is 5. The fraction of sp³-hybridized carbons (Fsp3) is 0.100. The second-order valence-corrected chi connectivity index (χ2v) is 6.01. The van der Waals surface area contributed by atoms with Crippen LogP contribution in [0.4, 0.5) is 5.69 Å². The maximum atomic E-state index is 11.6. The first kappa shape index (κ1) is 16.0. The molecule has 0 unspecified atom stereocenters. The molecule has 6 nitrogen and oxygen atoms in total. The summed E-state index contributed by atoms with van der Waals surface area (Å²) in [6, 6.07) is 16.1. The molecule has 4 aromatic rings. The minimum absolute atomic E-state index is 0.224. The third-order valence-corrected chi connectivity index (χ3v) is 4.41. The number of amides is 1. The Bertz CT molecular complexity index is 1120. The number of pyridine rings is 1. The van der Waals surface area contributed by atoms with Gasteiger partial charge in [-0.3, -0.25) is 4.79 Å². The van der Waals surface area contributed by atoms with Crippen molar-refractivity contribution in [3.63, 3.8) is 0 Å². The molecule has 0 saturated heterocycles. The first-order chi connectivity index (χ1) is 12.7. The fourth-order valence-corrected chi connectivity index (χ4v) is 3.21. The van der Waals surface area contributed by atoms with Gasteiger partial charge in [0.15, 0.2) is 0 Å². The van der Waals surface area contributed by atoms with Crippen molar-refractivity contribution >= 4 is 33.4 Å². The van der Waals surface area contributed by atoms with Crippen molar-refractivity contribution in [1.82, 2.24) is 9.97 Å². The first-order valence-electron chi connectivity index (χ1n) is 8.23. The van der Waals surface area contributed by atoms with E-state index < -0.39 is 5.91 Å². The van der Waals surface area contributed by atoms with Crippen LogP contribution < -0.4 is 15.8 Å². The molecule has 0 aliphatic carbocycles. The Balaban J connectivity index is 1.68. The molecule has 0 bridgehead atoms. The normalized spacial score (nSPS) is 11.0. The Morgan fingerprint density at radius 2 is 2.00 bits per heavy atom. The number of methoxy groups -OCH3 is 1. The Morgan fingerprint density at radius 1 is 1.19 bits per heavy atom. The third kappa shape index (κ3) is 2.71. The number of aromatic amines is 1. The predicted octanol–water partition coefficient (Wildman–Crippen LogP) is 3.44. The molecule has 4 N–H and O–H groups in total. The van der Waals surface area contributed by atoms with E-state index >= 15 is 0 Å². The average molecular weight is 346 g/mol. The number of carbonyl (C=O) groups excluding carboxylic acids is 1. The highest BCUT2D eigenvalue weighted by molar-refractivity contribution is 6.08. The van der Waals surface area contributed by atoms with Crippen LogP contribution in [0.15, 0.2) is 54.7 Å². The maximum absolute atomic E-state index is 11.6. The zero-order valence-electron chi connectivity index (χ0n) is 14.2. The lowest BCUT2D eigenvalue weighted by atomic mass is 10.1. The lowest BCUT2D eigenvalue weighted by molar-refractivity contribution is 0.0996. The molecule has 130 valence electrons. The van der Waals surface area contributed by atoms with Crippen molar-refractivity contribution < 1.29 is 9.53 Å². The minimum Gasteiger partial charge on any atom is -0.480 e. The SMILES string of the molecule is COc1ncc(NCc2cccc3[nH]c4ccccc4c23)cc1C(N)=O. The van der Waals surface area contributed by atoms with Crippen LogP contribution in [0.2, 0.25) is 0 Å². The van der Waals surface area contributed by atoms with Gasteiger partial charge in [-0.15, -0.1) is 0 Å². The topological polar surface area (TPSA) is 93.0 Å². The number of benzene rings is 2. The number of H-pyrrole nitrogens is 1. The Hall–Kier alpha value is -3.54. The number of ether oxygens (including phenoxy) is 1. The van der Waals surface area contributed by atoms with E-state index in [2.05, 4.69) is 39.6 Å². The standard InChI is InChI=1S/C20H18N4O2/c1-26-20-15(19(21)25)9-13(11-23-20)22-10-12-5-4-8-17-18(12)14-6-2-3-7-16(14)24-17/h2-9,11,22,24H,10H2,1H3,(H2,21,25). The smallest absolute Gasteiger partial charge is 0.254 e. The van der Waals surface area contributed by atoms with Crippen molar-refractivity contribution in [1.29, 1.82) is 0 Å². The number of fused-ring (bicyclic) bond motifs is 3. The summed E-state index contributed by atoms with van der Waals surface area (Å²) in [5, 5.41) is 5.69. The van der Waals surface area contributed by atoms with Gasteiger partial charge in [0, 0.05) is 28.4 Å². The van der Waals surface area contributed by atoms with Crippen molar-refractivity contribution in [2.75, 3.05) is 12.4 Å². The number of primary amides is 1. The van der Waals surface area contributed by atoms with Gasteiger partial charge < -0.3 is 20.8 Å². The summed E-state index contributed by atoms with van der Waals surface area (Å²) >= 11 is 0. The summed E-state index contributed by atoms with van der Waals surface area (Å²) < 4.78 is 5.08. The zero-order chi connectivity index (χ0) is 18.1. The van der Waals surface area contributed by atoms with E-state index in [0.29, 0.717) is 12.2 Å². The van der Waals surface area contributed by atoms with Gasteiger partial charge in [-0.1, -0.05) is 30.3 Å². The van der Waals surface area contributed by atoms with Crippen LogP contribution in [0.3, 0.4) is 0 Å². The number of nitrogens with one attached hydrogen (secondary N) is 2. The van der Waals surface area contributed by atoms with E-state index in [1.165, 1.54) is 17.9 Å². The number of aromatic nitrogens is 2. The quantitative estimate of drug-likeness (QED) is 0.516. The monoisotopic (exact) mass is 346 g/mol. The zero-order valence-corrected chi connectivity index (χ0v) is 14.2. The molecule has 4 rings (SSSR count). The van der Waals surface area contributed by atoms with Crippen molar-refractivity contribution in [2.24, 2.45) is 5.73 Å². The molecule has 0 fully saturated rings. The Morgan fingerprint density at radius 3 is 2.81 bits per heavy atom. The maximum Gasteiger partial charge on any atom is 0.254 e. The lowest BCUT2D eigenvalue weighted by Crippen LogP contribution is -2.14. The summed E-state index contributed by atoms with van der Waals surface area (Å²) in [5.74, 6) is -0.349. The molecule has 6 heteroatoms. The van der Waals surface area contributed by atoms with Gasteiger partial charge in [-0.25, -0.2) is 4.98 Å². The summed E-state index contributed by atoms with van der Waals surface area (Å²) in [7, 11) is 1.46. The highest BCUT2D eigenvalue weighted by atomic mass is 16.5. The molecule has 0 spiro atoms. The Kier molecular flexibility index (Phi) is 3.93. The van der Waals surface area contributed by atoms with E-state index in [1.54, 1.807) is 12.3 Å². The number of hydrogen-bond donors (Lipinski definition) is 3. The molecule has 0 saturated carbocycles. The van der Waals surface area contributed by atoms with Crippen LogP contribution in [-0.2, 0) is 6.54 Å². The van der Waals surface area contributed by atoms with Gasteiger partial charge in [0.25, 0.3) is 5.91 Å². The van der Waals surface area contributed by atoms with E-state index in [9.17, 15) is 4.79 Å². The van der Waals surface area contributed by atoms with E-state index in [4.69, 9.17) is 10.5 Å². The van der Waals surface area contributed by atoms with E-state index in [1.807, 2.05) is 18.2 Å². The van der Waals surface area contributed by atoms with Gasteiger partial charge >= 0.3 is 0 Å². The van der Waals surface area contributed by atoms with Crippen LogP contribution in [-0.4, -0.2) is 23.0 Å². The van der Waals surface area contributed by atoms with Crippen molar-refractivity contribution in [3.05, 3.63) is 65.9 Å². The van der Waals surface area contributed by atoms with Gasteiger partial charge in [-0.2, -0.15) is 0 Å². The van der Waals surface area contributed by atoms with Crippen LogP contribution in [0.5, 0.6) is 5.88 Å². The Labute approximate surface area is 150 Å². The van der Waals surface area contributed by atoms with Crippen LogP contribution in [0.25, 0.3) is 21.8 Å². The van der Waals surface area contributed by atoms with Gasteiger partial charge in [0.1, 0.15) is 5.56 Å². The van der Waals surface area contributed by atoms with Gasteiger partial charge in [0.05, 0.1) is 19.0 Å². The van der Waals surface area contributed by atoms with Crippen molar-refractivity contribution in [3.8, 4) is 5.88 Å². The summed E-state index contributed by atoms with van der Waals surface area (Å²) in [5.41, 5.74) is 9.71. The molecular weight excluding hydrogens is 328 g/mol. The summed E-state index contributed by atoms with van der Waals surface area (Å²) in [6.45, 7) is 0.589. The fourth-order valence-electron chi connectivity index (χ4n) is 3.21. The van der Waals surface area contributed by atoms with Crippen molar-refractivity contribution in [2.45, 2.75) is 6.54 Å². The van der Waals surface area contributed by atoms with E-state index in [-0.39, 0.29) is 11.4 Å². The molecule has 2 heterocycles. The molecule has 0 aliphatic rings. The second-order valence-electron chi connectivity index (χ2n) is 6.01. The number of hydrogen-bond acceptors (Lipinski definition) is 4. The second kappa shape index (κ2) is 6.40. The molecule has 0 aliphatic heterocycles. The molecule has 0 atom stereocenters. The molecule has 0 radical (unpaired) electrons. The van der Waals surface area contributed by atoms with E-state index in [0.717, 1.165) is 16.6 Å². The first-order valence-corrected chi connectivity index (χ1v) is 8.23.